The van der Waals surface area contributed by atoms with Crippen molar-refractivity contribution in [1.29, 1.82) is 0 Å². The van der Waals surface area contributed by atoms with Crippen molar-refractivity contribution in [3.05, 3.63) is 28.5 Å². The lowest BCUT2D eigenvalue weighted by Gasteiger charge is -2.10. The Morgan fingerprint density at radius 3 is 2.92 bits per heavy atom. The first-order valence-corrected chi connectivity index (χ1v) is 4.01. The van der Waals surface area contributed by atoms with Gasteiger partial charge in [0.05, 0.1) is 12.6 Å². The standard InChI is InChI=1S/C8H11ClN2O/c1-5-2-8(9)11-3-6(5)7(10)4-12/h2-3,7,12H,4,10H2,1H3. The highest BCUT2D eigenvalue weighted by molar-refractivity contribution is 6.29. The molecule has 0 aliphatic rings. The topological polar surface area (TPSA) is 59.1 Å². The summed E-state index contributed by atoms with van der Waals surface area (Å²) >= 11 is 5.65. The number of hydrogen-bond donors (Lipinski definition) is 2. The van der Waals surface area contributed by atoms with E-state index in [1.165, 1.54) is 0 Å². The molecule has 0 saturated heterocycles. The normalized spacial score (nSPS) is 13.0. The van der Waals surface area contributed by atoms with Crippen LogP contribution in [0.2, 0.25) is 5.15 Å². The van der Waals surface area contributed by atoms with Crippen LogP contribution >= 0.6 is 11.6 Å². The minimum Gasteiger partial charge on any atom is -0.394 e. The van der Waals surface area contributed by atoms with Crippen molar-refractivity contribution in [2.45, 2.75) is 13.0 Å². The number of nitrogens with two attached hydrogens (primary N) is 1. The van der Waals surface area contributed by atoms with Crippen LogP contribution in [-0.4, -0.2) is 16.7 Å². The molecular formula is C8H11ClN2O. The molecule has 1 aromatic heterocycles. The Morgan fingerprint density at radius 2 is 2.42 bits per heavy atom. The molecule has 1 unspecified atom stereocenters. The molecule has 0 aliphatic carbocycles. The molecule has 1 atom stereocenters. The number of pyridine rings is 1. The maximum atomic E-state index is 8.80. The molecule has 0 saturated carbocycles. The van der Waals surface area contributed by atoms with Crippen molar-refractivity contribution >= 4 is 11.6 Å². The quantitative estimate of drug-likeness (QED) is 0.679. The molecule has 1 rings (SSSR count). The van der Waals surface area contributed by atoms with E-state index in [1.54, 1.807) is 12.3 Å². The van der Waals surface area contributed by atoms with Gasteiger partial charge >= 0.3 is 0 Å². The average molecular weight is 187 g/mol. The molecule has 66 valence electrons. The molecule has 0 amide bonds. The molecule has 0 bridgehead atoms. The predicted molar refractivity (Wildman–Crippen MR) is 48.0 cm³/mol. The van der Waals surface area contributed by atoms with Crippen molar-refractivity contribution in [3.63, 3.8) is 0 Å². The van der Waals surface area contributed by atoms with Crippen molar-refractivity contribution in [3.8, 4) is 0 Å². The van der Waals surface area contributed by atoms with E-state index >= 15 is 0 Å². The number of nitrogens with zero attached hydrogens (tertiary/aromatic N) is 1. The minimum atomic E-state index is -0.366. The highest BCUT2D eigenvalue weighted by Gasteiger charge is 2.07. The molecule has 0 radical (unpaired) electrons. The Bertz CT molecular complexity index is 278. The summed E-state index contributed by atoms with van der Waals surface area (Å²) in [5.41, 5.74) is 7.40. The second kappa shape index (κ2) is 3.85. The number of halogens is 1. The summed E-state index contributed by atoms with van der Waals surface area (Å²) in [6, 6.07) is 1.36. The van der Waals surface area contributed by atoms with Crippen LogP contribution in [0.3, 0.4) is 0 Å². The van der Waals surface area contributed by atoms with E-state index < -0.39 is 0 Å². The molecule has 0 fully saturated rings. The van der Waals surface area contributed by atoms with Gasteiger partial charge in [0.2, 0.25) is 0 Å². The van der Waals surface area contributed by atoms with Crippen LogP contribution in [0.25, 0.3) is 0 Å². The highest BCUT2D eigenvalue weighted by atomic mass is 35.5. The van der Waals surface area contributed by atoms with Crippen molar-refractivity contribution in [1.82, 2.24) is 4.98 Å². The summed E-state index contributed by atoms with van der Waals surface area (Å²) in [5.74, 6) is 0. The van der Waals surface area contributed by atoms with E-state index in [9.17, 15) is 0 Å². The van der Waals surface area contributed by atoms with Gasteiger partial charge in [0.1, 0.15) is 5.15 Å². The van der Waals surface area contributed by atoms with Crippen LogP contribution in [0.15, 0.2) is 12.3 Å². The molecule has 1 heterocycles. The molecule has 1 aromatic rings. The van der Waals surface area contributed by atoms with E-state index in [-0.39, 0.29) is 12.6 Å². The predicted octanol–water partition coefficient (Wildman–Crippen LogP) is 1.04. The lowest BCUT2D eigenvalue weighted by atomic mass is 10.1. The van der Waals surface area contributed by atoms with E-state index in [4.69, 9.17) is 22.4 Å². The number of hydrogen-bond acceptors (Lipinski definition) is 3. The van der Waals surface area contributed by atoms with Gasteiger partial charge in [0, 0.05) is 6.20 Å². The van der Waals surface area contributed by atoms with Crippen molar-refractivity contribution in [2.24, 2.45) is 5.73 Å². The average Bonchev–Trinajstić information content (AvgIpc) is 2.03. The fraction of sp³-hybridized carbons (Fsp3) is 0.375. The smallest absolute Gasteiger partial charge is 0.129 e. The molecule has 3 nitrogen and oxygen atoms in total. The monoisotopic (exact) mass is 186 g/mol. The Kier molecular flexibility index (Phi) is 3.03. The zero-order valence-electron chi connectivity index (χ0n) is 6.79. The van der Waals surface area contributed by atoms with Crippen LogP contribution in [0.5, 0.6) is 0 Å². The third kappa shape index (κ3) is 1.94. The van der Waals surface area contributed by atoms with Gasteiger partial charge in [0.15, 0.2) is 0 Å². The zero-order chi connectivity index (χ0) is 9.14. The number of aromatic nitrogens is 1. The number of aliphatic hydroxyl groups excluding tert-OH is 1. The van der Waals surface area contributed by atoms with Gasteiger partial charge in [-0.15, -0.1) is 0 Å². The number of aliphatic hydroxyl groups is 1. The van der Waals surface area contributed by atoms with Gasteiger partial charge in [-0.1, -0.05) is 11.6 Å². The van der Waals surface area contributed by atoms with Crippen LogP contribution < -0.4 is 5.73 Å². The summed E-state index contributed by atoms with van der Waals surface area (Å²) < 4.78 is 0. The molecular weight excluding hydrogens is 176 g/mol. The first-order chi connectivity index (χ1) is 5.65. The van der Waals surface area contributed by atoms with Gasteiger partial charge in [0.25, 0.3) is 0 Å². The van der Waals surface area contributed by atoms with Gasteiger partial charge < -0.3 is 10.8 Å². The molecule has 0 aromatic carbocycles. The van der Waals surface area contributed by atoms with Crippen molar-refractivity contribution in [2.75, 3.05) is 6.61 Å². The maximum absolute atomic E-state index is 8.80. The summed E-state index contributed by atoms with van der Waals surface area (Å²) in [4.78, 5) is 3.88. The Labute approximate surface area is 76.2 Å². The molecule has 4 heteroatoms. The van der Waals surface area contributed by atoms with E-state index in [2.05, 4.69) is 4.98 Å². The molecule has 3 N–H and O–H groups in total. The molecule has 0 spiro atoms. The molecule has 12 heavy (non-hydrogen) atoms. The van der Waals surface area contributed by atoms with E-state index in [0.717, 1.165) is 11.1 Å². The minimum absolute atomic E-state index is 0.0792. The highest BCUT2D eigenvalue weighted by Crippen LogP contribution is 2.16. The summed E-state index contributed by atoms with van der Waals surface area (Å²) in [6.45, 7) is 1.81. The lowest BCUT2D eigenvalue weighted by Crippen LogP contribution is -2.15. The third-order valence-corrected chi connectivity index (χ3v) is 1.92. The van der Waals surface area contributed by atoms with Gasteiger partial charge in [-0.2, -0.15) is 0 Å². The Balaban J connectivity index is 3.01. The summed E-state index contributed by atoms with van der Waals surface area (Å²) in [6.07, 6.45) is 1.60. The zero-order valence-corrected chi connectivity index (χ0v) is 7.54. The van der Waals surface area contributed by atoms with Gasteiger partial charge in [-0.25, -0.2) is 4.98 Å². The number of aryl methyl sites for hydroxylation is 1. The Morgan fingerprint density at radius 1 is 1.75 bits per heavy atom. The van der Waals surface area contributed by atoms with Crippen LogP contribution in [0.1, 0.15) is 17.2 Å². The fourth-order valence-corrected chi connectivity index (χ4v) is 1.23. The van der Waals surface area contributed by atoms with Crippen LogP contribution in [-0.2, 0) is 0 Å². The van der Waals surface area contributed by atoms with Gasteiger partial charge in [-0.3, -0.25) is 0 Å². The summed E-state index contributed by atoms with van der Waals surface area (Å²) in [5, 5.41) is 9.24. The SMILES string of the molecule is Cc1cc(Cl)ncc1C(N)CO. The Hall–Kier alpha value is -0.640. The summed E-state index contributed by atoms with van der Waals surface area (Å²) in [7, 11) is 0. The van der Waals surface area contributed by atoms with E-state index in [0.29, 0.717) is 5.15 Å². The van der Waals surface area contributed by atoms with Gasteiger partial charge in [-0.05, 0) is 24.1 Å². The van der Waals surface area contributed by atoms with Crippen LogP contribution in [0, 0.1) is 6.92 Å². The second-order valence-corrected chi connectivity index (χ2v) is 3.04. The number of rotatable bonds is 2. The fourth-order valence-electron chi connectivity index (χ4n) is 1.02. The first-order valence-electron chi connectivity index (χ1n) is 3.63. The van der Waals surface area contributed by atoms with E-state index in [1.807, 2.05) is 6.92 Å². The third-order valence-electron chi connectivity index (χ3n) is 1.71. The largest absolute Gasteiger partial charge is 0.394 e. The van der Waals surface area contributed by atoms with Crippen molar-refractivity contribution < 1.29 is 5.11 Å². The lowest BCUT2D eigenvalue weighted by molar-refractivity contribution is 0.267. The first kappa shape index (κ1) is 9.45. The second-order valence-electron chi connectivity index (χ2n) is 2.65. The molecule has 0 aliphatic heterocycles. The van der Waals surface area contributed by atoms with Crippen LogP contribution in [0.4, 0.5) is 0 Å². The maximum Gasteiger partial charge on any atom is 0.129 e.